The van der Waals surface area contributed by atoms with E-state index in [-0.39, 0.29) is 12.7 Å². The van der Waals surface area contributed by atoms with Crippen molar-refractivity contribution in [2.75, 3.05) is 46.1 Å². The Kier molecular flexibility index (Phi) is 5.90. The van der Waals surface area contributed by atoms with Gasteiger partial charge < -0.3 is 29.1 Å². The van der Waals surface area contributed by atoms with E-state index in [4.69, 9.17) is 19.0 Å². The molecule has 1 saturated heterocycles. The van der Waals surface area contributed by atoms with Crippen LogP contribution in [0, 0.1) is 0 Å². The van der Waals surface area contributed by atoms with Crippen LogP contribution < -0.4 is 14.4 Å². The SMILES string of the molecule is C/C(=N/OC[C@H](O)C[NH+]1CCOCC1)[C@H]1COc2ccccc2O1. The van der Waals surface area contributed by atoms with Gasteiger partial charge in [0.05, 0.1) is 18.9 Å². The number of rotatable bonds is 6. The first-order valence-corrected chi connectivity index (χ1v) is 8.36. The van der Waals surface area contributed by atoms with Gasteiger partial charge in [-0.2, -0.15) is 0 Å². The summed E-state index contributed by atoms with van der Waals surface area (Å²) in [5, 5.41) is 14.1. The third kappa shape index (κ3) is 4.59. The van der Waals surface area contributed by atoms with Crippen molar-refractivity contribution < 1.29 is 29.1 Å². The molecule has 7 heteroatoms. The lowest BCUT2D eigenvalue weighted by molar-refractivity contribution is -0.911. The fourth-order valence-corrected chi connectivity index (χ4v) is 2.77. The Morgan fingerprint density at radius 1 is 1.33 bits per heavy atom. The molecule has 2 heterocycles. The molecule has 0 amide bonds. The van der Waals surface area contributed by atoms with Gasteiger partial charge in [0.15, 0.2) is 17.6 Å². The van der Waals surface area contributed by atoms with E-state index in [0.29, 0.717) is 24.6 Å². The number of benzene rings is 1. The maximum atomic E-state index is 10.0. The number of hydrogen-bond donors (Lipinski definition) is 2. The number of morpholine rings is 1. The quantitative estimate of drug-likeness (QED) is 0.541. The van der Waals surface area contributed by atoms with E-state index in [1.165, 1.54) is 4.90 Å². The predicted octanol–water partition coefficient (Wildman–Crippen LogP) is -0.505. The van der Waals surface area contributed by atoms with Crippen LogP contribution >= 0.6 is 0 Å². The number of para-hydroxylation sites is 2. The molecule has 0 aromatic heterocycles. The van der Waals surface area contributed by atoms with Crippen LogP contribution in [0.15, 0.2) is 29.4 Å². The van der Waals surface area contributed by atoms with E-state index in [1.807, 2.05) is 31.2 Å². The molecule has 2 aliphatic heterocycles. The number of aliphatic hydroxyl groups is 1. The Labute approximate surface area is 141 Å². The lowest BCUT2D eigenvalue weighted by Crippen LogP contribution is -3.15. The topological polar surface area (TPSA) is 74.0 Å². The van der Waals surface area contributed by atoms with E-state index in [1.54, 1.807) is 0 Å². The molecule has 0 spiro atoms. The number of quaternary nitrogens is 1. The molecule has 132 valence electrons. The molecule has 0 unspecified atom stereocenters. The standard InChI is InChI=1S/C17H24N2O5/c1-13(17-12-22-15-4-2-3-5-16(15)24-17)18-23-11-14(20)10-19-6-8-21-9-7-19/h2-5,14,17,20H,6-12H2,1H3/p+1/b18-13-/t14-,17-/m1/s1. The van der Waals surface area contributed by atoms with Crippen LogP contribution in [0.2, 0.25) is 0 Å². The number of fused-ring (bicyclic) bond motifs is 1. The molecule has 3 rings (SSSR count). The first-order chi connectivity index (χ1) is 11.7. The average molecular weight is 337 g/mol. The Morgan fingerprint density at radius 3 is 2.88 bits per heavy atom. The normalized spacial score (nSPS) is 22.9. The number of nitrogens with one attached hydrogen (secondary N) is 1. The maximum absolute atomic E-state index is 10.0. The van der Waals surface area contributed by atoms with Crippen LogP contribution in [0.1, 0.15) is 6.92 Å². The van der Waals surface area contributed by atoms with Gasteiger partial charge in [0.2, 0.25) is 0 Å². The predicted molar refractivity (Wildman–Crippen MR) is 87.8 cm³/mol. The van der Waals surface area contributed by atoms with Crippen molar-refractivity contribution in [3.63, 3.8) is 0 Å². The third-order valence-electron chi connectivity index (χ3n) is 4.17. The highest BCUT2D eigenvalue weighted by atomic mass is 16.6. The highest BCUT2D eigenvalue weighted by Gasteiger charge is 2.24. The number of hydrogen-bond acceptors (Lipinski definition) is 6. The highest BCUT2D eigenvalue weighted by Crippen LogP contribution is 2.31. The van der Waals surface area contributed by atoms with Crippen molar-refractivity contribution in [3.05, 3.63) is 24.3 Å². The molecule has 24 heavy (non-hydrogen) atoms. The number of ether oxygens (including phenoxy) is 3. The van der Waals surface area contributed by atoms with Gasteiger partial charge in [0, 0.05) is 0 Å². The van der Waals surface area contributed by atoms with E-state index in [2.05, 4.69) is 5.16 Å². The van der Waals surface area contributed by atoms with Crippen LogP contribution in [0.5, 0.6) is 11.5 Å². The van der Waals surface area contributed by atoms with Gasteiger partial charge in [-0.15, -0.1) is 0 Å². The van der Waals surface area contributed by atoms with Crippen LogP contribution in [0.4, 0.5) is 0 Å². The van der Waals surface area contributed by atoms with E-state index >= 15 is 0 Å². The van der Waals surface area contributed by atoms with Crippen molar-refractivity contribution in [2.24, 2.45) is 5.16 Å². The molecule has 2 aliphatic rings. The summed E-state index contributed by atoms with van der Waals surface area (Å²) in [6.45, 7) is 6.40. The van der Waals surface area contributed by atoms with Crippen molar-refractivity contribution in [3.8, 4) is 11.5 Å². The second kappa shape index (κ2) is 8.32. The molecular formula is C17H25N2O5+. The first kappa shape index (κ1) is 17.0. The minimum absolute atomic E-state index is 0.172. The zero-order chi connectivity index (χ0) is 16.8. The summed E-state index contributed by atoms with van der Waals surface area (Å²) in [7, 11) is 0. The van der Waals surface area contributed by atoms with Crippen molar-refractivity contribution in [1.29, 1.82) is 0 Å². The van der Waals surface area contributed by atoms with E-state index < -0.39 is 6.10 Å². The minimum Gasteiger partial charge on any atom is -0.485 e. The minimum atomic E-state index is -0.543. The summed E-state index contributed by atoms with van der Waals surface area (Å²) in [6, 6.07) is 7.55. The number of aliphatic hydroxyl groups excluding tert-OH is 1. The molecule has 2 N–H and O–H groups in total. The Hall–Kier alpha value is -1.83. The molecule has 0 bridgehead atoms. The monoisotopic (exact) mass is 337 g/mol. The summed E-state index contributed by atoms with van der Waals surface area (Å²) in [5.74, 6) is 1.45. The van der Waals surface area contributed by atoms with Crippen LogP contribution in [0.25, 0.3) is 0 Å². The molecule has 0 saturated carbocycles. The van der Waals surface area contributed by atoms with Crippen LogP contribution in [0.3, 0.4) is 0 Å². The third-order valence-corrected chi connectivity index (χ3v) is 4.17. The molecule has 1 aromatic rings. The smallest absolute Gasteiger partial charge is 0.174 e. The molecule has 7 nitrogen and oxygen atoms in total. The number of nitrogens with zero attached hydrogens (tertiary/aromatic N) is 1. The molecule has 1 fully saturated rings. The summed E-state index contributed by atoms with van der Waals surface area (Å²) in [6.07, 6.45) is -0.819. The van der Waals surface area contributed by atoms with Gasteiger partial charge in [-0.3, -0.25) is 0 Å². The lowest BCUT2D eigenvalue weighted by atomic mass is 10.2. The molecule has 2 atom stereocenters. The zero-order valence-electron chi connectivity index (χ0n) is 13.9. The van der Waals surface area contributed by atoms with Crippen molar-refractivity contribution in [1.82, 2.24) is 0 Å². The van der Waals surface area contributed by atoms with Crippen LogP contribution in [-0.2, 0) is 9.57 Å². The molecule has 1 aromatic carbocycles. The van der Waals surface area contributed by atoms with Gasteiger partial charge in [-0.1, -0.05) is 17.3 Å². The largest absolute Gasteiger partial charge is 0.485 e. The van der Waals surface area contributed by atoms with Gasteiger partial charge in [-0.25, -0.2) is 0 Å². The van der Waals surface area contributed by atoms with Gasteiger partial charge in [0.25, 0.3) is 0 Å². The first-order valence-electron chi connectivity index (χ1n) is 8.36. The fraction of sp³-hybridized carbons (Fsp3) is 0.588. The summed E-state index contributed by atoms with van der Waals surface area (Å²) < 4.78 is 16.8. The second-order valence-electron chi connectivity index (χ2n) is 6.11. The fourth-order valence-electron chi connectivity index (χ4n) is 2.77. The molecular weight excluding hydrogens is 312 g/mol. The van der Waals surface area contributed by atoms with Crippen LogP contribution in [-0.4, -0.2) is 69.1 Å². The highest BCUT2D eigenvalue weighted by molar-refractivity contribution is 5.86. The van der Waals surface area contributed by atoms with Crippen molar-refractivity contribution in [2.45, 2.75) is 19.1 Å². The van der Waals surface area contributed by atoms with Gasteiger partial charge >= 0.3 is 0 Å². The Morgan fingerprint density at radius 2 is 2.08 bits per heavy atom. The second-order valence-corrected chi connectivity index (χ2v) is 6.11. The van der Waals surface area contributed by atoms with Gasteiger partial charge in [0.1, 0.15) is 39.0 Å². The molecule has 0 radical (unpaired) electrons. The van der Waals surface area contributed by atoms with Crippen molar-refractivity contribution >= 4 is 5.71 Å². The summed E-state index contributed by atoms with van der Waals surface area (Å²) in [4.78, 5) is 6.63. The molecule has 0 aliphatic carbocycles. The van der Waals surface area contributed by atoms with E-state index in [0.717, 1.165) is 32.1 Å². The Bertz CT molecular complexity index is 560. The average Bonchev–Trinajstić information content (AvgIpc) is 2.62. The van der Waals surface area contributed by atoms with Gasteiger partial charge in [-0.05, 0) is 19.1 Å². The summed E-state index contributed by atoms with van der Waals surface area (Å²) in [5.41, 5.74) is 0.690. The number of oxime groups is 1. The Balaban J connectivity index is 1.43. The lowest BCUT2D eigenvalue weighted by Gasteiger charge is -2.26. The summed E-state index contributed by atoms with van der Waals surface area (Å²) >= 11 is 0. The zero-order valence-corrected chi connectivity index (χ0v) is 13.9. The maximum Gasteiger partial charge on any atom is 0.174 e. The van der Waals surface area contributed by atoms with E-state index in [9.17, 15) is 5.11 Å².